The van der Waals surface area contributed by atoms with E-state index in [1.54, 1.807) is 45.0 Å². The molecule has 2 aromatic carbocycles. The molecule has 1 aliphatic rings. The zero-order valence-corrected chi connectivity index (χ0v) is 22.2. The molecule has 11 heteroatoms. The minimum atomic E-state index is -3.50. The van der Waals surface area contributed by atoms with Crippen LogP contribution in [0.3, 0.4) is 0 Å². The number of fused-ring (bicyclic) bond motifs is 1. The Bertz CT molecular complexity index is 1280. The van der Waals surface area contributed by atoms with Crippen LogP contribution in [0.1, 0.15) is 29.9 Å². The van der Waals surface area contributed by atoms with Gasteiger partial charge in [0.1, 0.15) is 30.2 Å². The summed E-state index contributed by atoms with van der Waals surface area (Å²) in [5.41, 5.74) is -0.0189. The van der Waals surface area contributed by atoms with E-state index in [9.17, 15) is 0 Å². The summed E-state index contributed by atoms with van der Waals surface area (Å²) in [5, 5.41) is 3.79. The number of alkyl halides is 2. The first-order valence-corrected chi connectivity index (χ1v) is 12.4. The van der Waals surface area contributed by atoms with E-state index in [0.717, 1.165) is 6.07 Å². The van der Waals surface area contributed by atoms with Gasteiger partial charge < -0.3 is 29.2 Å². The highest BCUT2D eigenvalue weighted by Gasteiger charge is 2.46. The molecule has 1 aliphatic heterocycles. The van der Waals surface area contributed by atoms with Crippen molar-refractivity contribution in [1.29, 1.82) is 0 Å². The molecule has 4 rings (SSSR count). The first-order valence-electron chi connectivity index (χ1n) is 12.4. The van der Waals surface area contributed by atoms with Crippen LogP contribution in [0, 0.1) is 12.7 Å². The Balaban J connectivity index is 1.67. The zero-order chi connectivity index (χ0) is 27.4. The van der Waals surface area contributed by atoms with Gasteiger partial charge in [-0.25, -0.2) is 14.4 Å². The van der Waals surface area contributed by atoms with Crippen molar-refractivity contribution in [3.63, 3.8) is 0 Å². The molecular formula is C27H33F3N4O4. The standard InChI is InChI=1S/C27H33F3N4O4/c1-16(18-7-6-8-20(25(18)28)27(29,30)24-15-34(3)9-10-38-24)31-26-19-13-23(37-12-11-35-4)22(36-5)14-21(19)32-17(2)33-26/h6-8,13-14,16,24H,9-12,15H2,1-5H3,(H,31,32,33)/t16-,24+/m1/s1. The Hall–Kier alpha value is -3.15. The van der Waals surface area contributed by atoms with E-state index in [-0.39, 0.29) is 18.7 Å². The molecule has 38 heavy (non-hydrogen) atoms. The van der Waals surface area contributed by atoms with E-state index in [1.165, 1.54) is 19.2 Å². The van der Waals surface area contributed by atoms with E-state index in [4.69, 9.17) is 18.9 Å². The van der Waals surface area contributed by atoms with Gasteiger partial charge >= 0.3 is 5.92 Å². The molecule has 2 heterocycles. The summed E-state index contributed by atoms with van der Waals surface area (Å²) in [6.07, 6.45) is -1.44. The lowest BCUT2D eigenvalue weighted by atomic mass is 9.96. The molecule has 2 atom stereocenters. The van der Waals surface area contributed by atoms with Gasteiger partial charge in [0.2, 0.25) is 0 Å². The summed E-state index contributed by atoms with van der Waals surface area (Å²) in [4.78, 5) is 10.7. The number of nitrogens with one attached hydrogen (secondary N) is 1. The number of hydrogen-bond acceptors (Lipinski definition) is 8. The number of morpholine rings is 1. The van der Waals surface area contributed by atoms with E-state index < -0.39 is 29.4 Å². The fourth-order valence-electron chi connectivity index (χ4n) is 4.47. The molecule has 0 aliphatic carbocycles. The van der Waals surface area contributed by atoms with Gasteiger partial charge in [0.25, 0.3) is 0 Å². The third kappa shape index (κ3) is 5.79. The fourth-order valence-corrected chi connectivity index (χ4v) is 4.47. The predicted octanol–water partition coefficient (Wildman–Crippen LogP) is 4.71. The van der Waals surface area contributed by atoms with Crippen molar-refractivity contribution >= 4 is 16.7 Å². The van der Waals surface area contributed by atoms with Crippen LogP contribution in [-0.4, -0.2) is 75.1 Å². The summed E-state index contributed by atoms with van der Waals surface area (Å²) >= 11 is 0. The minimum Gasteiger partial charge on any atom is -0.493 e. The molecule has 1 saturated heterocycles. The van der Waals surface area contributed by atoms with Crippen molar-refractivity contribution in [2.45, 2.75) is 31.9 Å². The van der Waals surface area contributed by atoms with Gasteiger partial charge in [-0.15, -0.1) is 0 Å². The maximum Gasteiger partial charge on any atom is 0.302 e. The van der Waals surface area contributed by atoms with Crippen molar-refractivity contribution in [2.24, 2.45) is 0 Å². The van der Waals surface area contributed by atoms with Gasteiger partial charge in [-0.1, -0.05) is 12.1 Å². The van der Waals surface area contributed by atoms with Gasteiger partial charge in [-0.3, -0.25) is 0 Å². The van der Waals surface area contributed by atoms with Crippen LogP contribution in [-0.2, 0) is 15.4 Å². The molecule has 0 radical (unpaired) electrons. The number of benzene rings is 2. The molecule has 0 amide bonds. The predicted molar refractivity (Wildman–Crippen MR) is 138 cm³/mol. The van der Waals surface area contributed by atoms with Gasteiger partial charge in [-0.2, -0.15) is 8.78 Å². The van der Waals surface area contributed by atoms with E-state index in [2.05, 4.69) is 15.3 Å². The quantitative estimate of drug-likeness (QED) is 0.375. The van der Waals surface area contributed by atoms with Crippen LogP contribution in [0.25, 0.3) is 10.9 Å². The molecule has 1 N–H and O–H groups in total. The van der Waals surface area contributed by atoms with Crippen LogP contribution in [0.15, 0.2) is 30.3 Å². The number of nitrogens with zero attached hydrogens (tertiary/aromatic N) is 3. The maximum absolute atomic E-state index is 15.6. The molecule has 0 saturated carbocycles. The van der Waals surface area contributed by atoms with Crippen LogP contribution in [0.5, 0.6) is 11.5 Å². The molecular weight excluding hydrogens is 501 g/mol. The minimum absolute atomic E-state index is 0.00885. The van der Waals surface area contributed by atoms with Crippen molar-refractivity contribution in [2.75, 3.05) is 59.5 Å². The van der Waals surface area contributed by atoms with E-state index in [0.29, 0.717) is 53.8 Å². The lowest BCUT2D eigenvalue weighted by Crippen LogP contribution is -2.48. The first-order chi connectivity index (χ1) is 18.1. The molecule has 1 aromatic heterocycles. The van der Waals surface area contributed by atoms with Crippen molar-refractivity contribution in [3.8, 4) is 11.5 Å². The summed E-state index contributed by atoms with van der Waals surface area (Å²) in [7, 11) is 4.84. The zero-order valence-electron chi connectivity index (χ0n) is 22.2. The average molecular weight is 535 g/mol. The van der Waals surface area contributed by atoms with E-state index in [1.807, 2.05) is 0 Å². The maximum atomic E-state index is 15.6. The second kappa shape index (κ2) is 11.7. The number of methoxy groups -OCH3 is 2. The normalized spacial score (nSPS) is 17.4. The number of likely N-dealkylation sites (N-methyl/N-ethyl adjacent to an activating group) is 1. The number of aryl methyl sites for hydroxylation is 1. The molecule has 8 nitrogen and oxygen atoms in total. The van der Waals surface area contributed by atoms with Crippen molar-refractivity contribution < 1.29 is 32.1 Å². The number of rotatable bonds is 10. The molecule has 3 aromatic rings. The van der Waals surface area contributed by atoms with Crippen molar-refractivity contribution in [3.05, 3.63) is 53.1 Å². The Labute approximate surface area is 220 Å². The number of aromatic nitrogens is 2. The van der Waals surface area contributed by atoms with Crippen molar-refractivity contribution in [1.82, 2.24) is 14.9 Å². The SMILES string of the molecule is COCCOc1cc2c(N[C@H](C)c3cccc(C(F)(F)[C@@H]4CN(C)CCO4)c3F)nc(C)nc2cc1OC. The van der Waals surface area contributed by atoms with Gasteiger partial charge in [0.05, 0.1) is 37.4 Å². The molecule has 206 valence electrons. The number of anilines is 1. The highest BCUT2D eigenvalue weighted by molar-refractivity contribution is 5.92. The Morgan fingerprint density at radius 1 is 1.18 bits per heavy atom. The third-order valence-electron chi connectivity index (χ3n) is 6.52. The van der Waals surface area contributed by atoms with E-state index >= 15 is 13.2 Å². The summed E-state index contributed by atoms with van der Waals surface area (Å²) in [6, 6.07) is 6.80. The summed E-state index contributed by atoms with van der Waals surface area (Å²) in [5.74, 6) is -2.64. The largest absolute Gasteiger partial charge is 0.493 e. The van der Waals surface area contributed by atoms with Gasteiger partial charge in [0, 0.05) is 37.2 Å². The topological polar surface area (TPSA) is 78.0 Å². The van der Waals surface area contributed by atoms with Crippen LogP contribution in [0.2, 0.25) is 0 Å². The average Bonchev–Trinajstić information content (AvgIpc) is 2.88. The monoisotopic (exact) mass is 534 g/mol. The number of halogens is 3. The molecule has 1 fully saturated rings. The van der Waals surface area contributed by atoms with Gasteiger partial charge in [0.15, 0.2) is 11.5 Å². The van der Waals surface area contributed by atoms with Crippen LogP contribution < -0.4 is 14.8 Å². The summed E-state index contributed by atoms with van der Waals surface area (Å²) in [6.45, 7) is 4.83. The molecule has 0 bridgehead atoms. The summed E-state index contributed by atoms with van der Waals surface area (Å²) < 4.78 is 68.0. The molecule has 0 unspecified atom stereocenters. The highest BCUT2D eigenvalue weighted by atomic mass is 19.3. The smallest absolute Gasteiger partial charge is 0.302 e. The number of ether oxygens (including phenoxy) is 4. The fraction of sp³-hybridized carbons (Fsp3) is 0.481. The lowest BCUT2D eigenvalue weighted by Gasteiger charge is -2.35. The highest BCUT2D eigenvalue weighted by Crippen LogP contribution is 2.39. The number of hydrogen-bond donors (Lipinski definition) is 1. The second-order valence-electron chi connectivity index (χ2n) is 9.30. The Morgan fingerprint density at radius 2 is 1.97 bits per heavy atom. The van der Waals surface area contributed by atoms with Gasteiger partial charge in [-0.05, 0) is 33.0 Å². The Morgan fingerprint density at radius 3 is 2.68 bits per heavy atom. The Kier molecular flexibility index (Phi) is 8.59. The van der Waals surface area contributed by atoms with Crippen LogP contribution >= 0.6 is 0 Å². The third-order valence-corrected chi connectivity index (χ3v) is 6.52. The second-order valence-corrected chi connectivity index (χ2v) is 9.30. The molecule has 0 spiro atoms. The first kappa shape index (κ1) is 27.9. The van der Waals surface area contributed by atoms with Crippen LogP contribution in [0.4, 0.5) is 19.0 Å². The lowest BCUT2D eigenvalue weighted by molar-refractivity contribution is -0.171.